The van der Waals surface area contributed by atoms with E-state index >= 15 is 0 Å². The number of hydrogen-bond acceptors (Lipinski definition) is 2. The lowest BCUT2D eigenvalue weighted by Crippen LogP contribution is -1.96. The maximum Gasteiger partial charge on any atom is 0.327 e. The zero-order chi connectivity index (χ0) is 12.0. The second kappa shape index (κ2) is 6.18. The molecule has 1 rings (SSSR count). The lowest BCUT2D eigenvalue weighted by atomic mass is 10.2. The van der Waals surface area contributed by atoms with Gasteiger partial charge < -0.3 is 9.84 Å². The molecule has 16 heavy (non-hydrogen) atoms. The monoisotopic (exact) mass is 240 g/mol. The van der Waals surface area contributed by atoms with Crippen molar-refractivity contribution in [3.8, 4) is 5.75 Å². The van der Waals surface area contributed by atoms with Crippen LogP contribution in [0.15, 0.2) is 30.4 Å². The molecule has 0 bridgehead atoms. The van der Waals surface area contributed by atoms with Gasteiger partial charge in [-0.1, -0.05) is 17.7 Å². The first-order valence-corrected chi connectivity index (χ1v) is 5.26. The molecule has 0 amide bonds. The Balaban J connectivity index is 2.37. The van der Waals surface area contributed by atoms with Crippen LogP contribution in [0.2, 0.25) is 5.02 Å². The lowest BCUT2D eigenvalue weighted by Gasteiger charge is -2.05. The number of carboxylic acid groups (broad SMARTS) is 1. The summed E-state index contributed by atoms with van der Waals surface area (Å²) in [6, 6.07) is 5.42. The van der Waals surface area contributed by atoms with Gasteiger partial charge in [0.05, 0.1) is 6.61 Å². The minimum Gasteiger partial charge on any atom is -0.493 e. The minimum absolute atomic E-state index is 0.449. The van der Waals surface area contributed by atoms with Crippen LogP contribution < -0.4 is 4.74 Å². The molecule has 0 atom stereocenters. The minimum atomic E-state index is -0.942. The highest BCUT2D eigenvalue weighted by Gasteiger charge is 1.97. The quantitative estimate of drug-likeness (QED) is 0.636. The van der Waals surface area contributed by atoms with E-state index in [0.29, 0.717) is 18.1 Å². The fourth-order valence-corrected chi connectivity index (χ4v) is 1.25. The molecule has 0 fully saturated rings. The Hall–Kier alpha value is -1.48. The summed E-state index contributed by atoms with van der Waals surface area (Å²) in [5.74, 6) is -0.201. The fourth-order valence-electron chi connectivity index (χ4n) is 1.14. The molecular formula is C12H13ClO3. The highest BCUT2D eigenvalue weighted by molar-refractivity contribution is 6.31. The average Bonchev–Trinajstić information content (AvgIpc) is 2.22. The molecule has 0 aliphatic heterocycles. The van der Waals surface area contributed by atoms with Crippen molar-refractivity contribution in [2.75, 3.05) is 6.61 Å². The van der Waals surface area contributed by atoms with Crippen molar-refractivity contribution in [2.45, 2.75) is 13.3 Å². The second-order valence-electron chi connectivity index (χ2n) is 3.29. The van der Waals surface area contributed by atoms with Crippen molar-refractivity contribution < 1.29 is 14.6 Å². The molecule has 0 heterocycles. The van der Waals surface area contributed by atoms with Crippen molar-refractivity contribution >= 4 is 17.6 Å². The number of aliphatic carboxylic acids is 1. The summed E-state index contributed by atoms with van der Waals surface area (Å²) in [5, 5.41) is 9.06. The van der Waals surface area contributed by atoms with Gasteiger partial charge in [-0.25, -0.2) is 4.79 Å². The predicted molar refractivity (Wildman–Crippen MR) is 63.1 cm³/mol. The first-order chi connectivity index (χ1) is 7.59. The van der Waals surface area contributed by atoms with E-state index in [1.807, 2.05) is 13.0 Å². The topological polar surface area (TPSA) is 46.5 Å². The molecule has 4 heteroatoms. The highest BCUT2D eigenvalue weighted by atomic mass is 35.5. The van der Waals surface area contributed by atoms with Crippen LogP contribution in [0.5, 0.6) is 5.75 Å². The summed E-state index contributed by atoms with van der Waals surface area (Å²) in [7, 11) is 0. The first-order valence-electron chi connectivity index (χ1n) is 4.88. The molecule has 0 saturated heterocycles. The Morgan fingerprint density at radius 2 is 2.31 bits per heavy atom. The van der Waals surface area contributed by atoms with E-state index < -0.39 is 5.97 Å². The molecule has 0 saturated carbocycles. The van der Waals surface area contributed by atoms with E-state index in [-0.39, 0.29) is 0 Å². The molecule has 1 N–H and O–H groups in total. The number of aryl methyl sites for hydroxylation is 1. The molecule has 1 aromatic rings. The molecule has 1 aromatic carbocycles. The zero-order valence-corrected chi connectivity index (χ0v) is 9.70. The van der Waals surface area contributed by atoms with Gasteiger partial charge >= 0.3 is 5.97 Å². The molecule has 0 aromatic heterocycles. The highest BCUT2D eigenvalue weighted by Crippen LogP contribution is 2.20. The number of rotatable bonds is 5. The van der Waals surface area contributed by atoms with E-state index in [1.54, 1.807) is 18.2 Å². The Morgan fingerprint density at radius 3 is 2.94 bits per heavy atom. The number of hydrogen-bond donors (Lipinski definition) is 1. The van der Waals surface area contributed by atoms with Crippen LogP contribution in [0.25, 0.3) is 0 Å². The van der Waals surface area contributed by atoms with Crippen LogP contribution in [0, 0.1) is 6.92 Å². The normalized spacial score (nSPS) is 10.6. The molecule has 3 nitrogen and oxygen atoms in total. The van der Waals surface area contributed by atoms with Gasteiger partial charge in [-0.05, 0) is 37.1 Å². The Kier molecular flexibility index (Phi) is 4.86. The summed E-state index contributed by atoms with van der Waals surface area (Å²) in [6.45, 7) is 2.35. The average molecular weight is 241 g/mol. The molecule has 0 radical (unpaired) electrons. The summed E-state index contributed by atoms with van der Waals surface area (Å²) < 4.78 is 5.42. The smallest absolute Gasteiger partial charge is 0.327 e. The standard InChI is InChI=1S/C12H13ClO3/c1-9-8-10(5-6-11(9)13)16-7-3-2-4-12(14)15/h2,4-6,8H,3,7H2,1H3,(H,14,15)/b4-2+. The van der Waals surface area contributed by atoms with Crippen LogP contribution >= 0.6 is 11.6 Å². The molecule has 0 spiro atoms. The Bertz CT molecular complexity index is 399. The van der Waals surface area contributed by atoms with Gasteiger partial charge in [0.15, 0.2) is 0 Å². The van der Waals surface area contributed by atoms with Gasteiger partial charge in [0.1, 0.15) is 5.75 Å². The molecule has 0 aliphatic rings. The first kappa shape index (κ1) is 12.6. The van der Waals surface area contributed by atoms with E-state index in [9.17, 15) is 4.79 Å². The van der Waals surface area contributed by atoms with Gasteiger partial charge in [0.25, 0.3) is 0 Å². The van der Waals surface area contributed by atoms with Crippen LogP contribution in [0.4, 0.5) is 0 Å². The zero-order valence-electron chi connectivity index (χ0n) is 8.94. The summed E-state index contributed by atoms with van der Waals surface area (Å²) in [4.78, 5) is 10.2. The maximum absolute atomic E-state index is 10.2. The molecule has 0 unspecified atom stereocenters. The SMILES string of the molecule is Cc1cc(OCC/C=C/C(=O)O)ccc1Cl. The van der Waals surface area contributed by atoms with Crippen LogP contribution in [-0.2, 0) is 4.79 Å². The predicted octanol–water partition coefficient (Wildman–Crippen LogP) is 3.06. The van der Waals surface area contributed by atoms with Crippen LogP contribution in [0.3, 0.4) is 0 Å². The summed E-state index contributed by atoms with van der Waals surface area (Å²) in [6.07, 6.45) is 3.23. The van der Waals surface area contributed by atoms with E-state index in [4.69, 9.17) is 21.4 Å². The van der Waals surface area contributed by atoms with E-state index in [1.165, 1.54) is 0 Å². The summed E-state index contributed by atoms with van der Waals surface area (Å²) in [5.41, 5.74) is 0.959. The van der Waals surface area contributed by atoms with Gasteiger partial charge in [0, 0.05) is 11.1 Å². The number of benzene rings is 1. The number of halogens is 1. The Labute approximate surface area is 99.3 Å². The van der Waals surface area contributed by atoms with Gasteiger partial charge in [0.2, 0.25) is 0 Å². The second-order valence-corrected chi connectivity index (χ2v) is 3.70. The third-order valence-electron chi connectivity index (χ3n) is 1.94. The lowest BCUT2D eigenvalue weighted by molar-refractivity contribution is -0.131. The van der Waals surface area contributed by atoms with E-state index in [0.717, 1.165) is 17.4 Å². The van der Waals surface area contributed by atoms with E-state index in [2.05, 4.69) is 0 Å². The Morgan fingerprint density at radius 1 is 1.56 bits per heavy atom. The van der Waals surface area contributed by atoms with Crippen molar-refractivity contribution in [3.63, 3.8) is 0 Å². The maximum atomic E-state index is 10.2. The van der Waals surface area contributed by atoms with Crippen LogP contribution in [-0.4, -0.2) is 17.7 Å². The molecule has 86 valence electrons. The van der Waals surface area contributed by atoms with Crippen molar-refractivity contribution in [3.05, 3.63) is 40.9 Å². The van der Waals surface area contributed by atoms with Gasteiger partial charge in [-0.3, -0.25) is 0 Å². The number of carbonyl (C=O) groups is 1. The van der Waals surface area contributed by atoms with Crippen molar-refractivity contribution in [1.82, 2.24) is 0 Å². The van der Waals surface area contributed by atoms with Gasteiger partial charge in [-0.2, -0.15) is 0 Å². The fraction of sp³-hybridized carbons (Fsp3) is 0.250. The molecular weight excluding hydrogens is 228 g/mol. The third-order valence-corrected chi connectivity index (χ3v) is 2.37. The number of ether oxygens (including phenoxy) is 1. The number of carboxylic acids is 1. The van der Waals surface area contributed by atoms with Crippen molar-refractivity contribution in [2.24, 2.45) is 0 Å². The molecule has 0 aliphatic carbocycles. The van der Waals surface area contributed by atoms with Crippen molar-refractivity contribution in [1.29, 1.82) is 0 Å². The summed E-state index contributed by atoms with van der Waals surface area (Å²) >= 11 is 5.87. The largest absolute Gasteiger partial charge is 0.493 e. The van der Waals surface area contributed by atoms with Gasteiger partial charge in [-0.15, -0.1) is 0 Å². The third kappa shape index (κ3) is 4.36. The van der Waals surface area contributed by atoms with Crippen LogP contribution in [0.1, 0.15) is 12.0 Å².